The van der Waals surface area contributed by atoms with Crippen LogP contribution in [0, 0.1) is 0 Å². The number of thiophene rings is 1. The lowest BCUT2D eigenvalue weighted by Crippen LogP contribution is -2.01. The highest BCUT2D eigenvalue weighted by molar-refractivity contribution is 9.11. The van der Waals surface area contributed by atoms with Crippen molar-refractivity contribution in [1.29, 1.82) is 0 Å². The summed E-state index contributed by atoms with van der Waals surface area (Å²) in [7, 11) is 0. The summed E-state index contributed by atoms with van der Waals surface area (Å²) in [5.41, 5.74) is 1.02. The Morgan fingerprint density at radius 2 is 2.31 bits per heavy atom. The van der Waals surface area contributed by atoms with Gasteiger partial charge in [0, 0.05) is 11.3 Å². The number of aromatic nitrogens is 1. The summed E-state index contributed by atoms with van der Waals surface area (Å²) in [6.07, 6.45) is 0.928. The van der Waals surface area contributed by atoms with Crippen LogP contribution < -0.4 is 0 Å². The molecular formula is C11H12BrNOS2. The van der Waals surface area contributed by atoms with E-state index >= 15 is 0 Å². The Hall–Kier alpha value is -0.230. The van der Waals surface area contributed by atoms with Gasteiger partial charge in [0.2, 0.25) is 0 Å². The quantitative estimate of drug-likeness (QED) is 0.920. The van der Waals surface area contributed by atoms with Gasteiger partial charge in [0.15, 0.2) is 0 Å². The van der Waals surface area contributed by atoms with Crippen molar-refractivity contribution in [3.63, 3.8) is 0 Å². The summed E-state index contributed by atoms with van der Waals surface area (Å²) in [6, 6.07) is 4.09. The minimum atomic E-state index is 0.178. The number of aliphatic hydroxyl groups excluding tert-OH is 1. The number of thiazole rings is 1. The molecule has 16 heavy (non-hydrogen) atoms. The number of rotatable bonds is 4. The van der Waals surface area contributed by atoms with Gasteiger partial charge in [-0.1, -0.05) is 6.92 Å². The van der Waals surface area contributed by atoms with Crippen LogP contribution in [0.5, 0.6) is 0 Å². The molecule has 0 aliphatic heterocycles. The van der Waals surface area contributed by atoms with Gasteiger partial charge in [-0.2, -0.15) is 0 Å². The lowest BCUT2D eigenvalue weighted by molar-refractivity contribution is 0.262. The van der Waals surface area contributed by atoms with Gasteiger partial charge >= 0.3 is 0 Å². The molecule has 0 saturated heterocycles. The molecule has 0 fully saturated rings. The van der Waals surface area contributed by atoms with E-state index in [2.05, 4.69) is 39.3 Å². The maximum Gasteiger partial charge on any atom is 0.0986 e. The van der Waals surface area contributed by atoms with Crippen LogP contribution in [0.15, 0.2) is 21.3 Å². The highest BCUT2D eigenvalue weighted by atomic mass is 79.9. The molecule has 0 spiro atoms. The Labute approximate surface area is 111 Å². The Morgan fingerprint density at radius 1 is 1.50 bits per heavy atom. The fraction of sp³-hybridized carbons (Fsp3) is 0.364. The Morgan fingerprint density at radius 3 is 2.88 bits per heavy atom. The van der Waals surface area contributed by atoms with Crippen LogP contribution in [0.3, 0.4) is 0 Å². The van der Waals surface area contributed by atoms with Crippen molar-refractivity contribution in [3.05, 3.63) is 26.3 Å². The van der Waals surface area contributed by atoms with E-state index in [1.54, 1.807) is 22.7 Å². The second-order valence-electron chi connectivity index (χ2n) is 3.46. The van der Waals surface area contributed by atoms with Crippen molar-refractivity contribution >= 4 is 38.6 Å². The second kappa shape index (κ2) is 5.40. The van der Waals surface area contributed by atoms with Crippen molar-refractivity contribution in [3.8, 4) is 10.6 Å². The van der Waals surface area contributed by atoms with Crippen LogP contribution in [-0.4, -0.2) is 16.7 Å². The predicted molar refractivity (Wildman–Crippen MR) is 73.2 cm³/mol. The van der Waals surface area contributed by atoms with Gasteiger partial charge in [-0.25, -0.2) is 4.98 Å². The fourth-order valence-corrected chi connectivity index (χ4v) is 3.84. The third-order valence-electron chi connectivity index (χ3n) is 2.41. The predicted octanol–water partition coefficient (Wildman–Crippen LogP) is 4.12. The van der Waals surface area contributed by atoms with Crippen LogP contribution in [0.25, 0.3) is 10.6 Å². The number of hydrogen-bond acceptors (Lipinski definition) is 4. The lowest BCUT2D eigenvalue weighted by atomic mass is 10.1. The molecular weight excluding hydrogens is 306 g/mol. The first kappa shape index (κ1) is 12.2. The van der Waals surface area contributed by atoms with E-state index in [0.29, 0.717) is 0 Å². The molecule has 1 atom stereocenters. The van der Waals surface area contributed by atoms with Gasteiger partial charge in [-0.3, -0.25) is 0 Å². The minimum Gasteiger partial charge on any atom is -0.396 e. The molecule has 1 unspecified atom stereocenters. The first-order chi connectivity index (χ1) is 7.74. The van der Waals surface area contributed by atoms with E-state index in [1.165, 1.54) is 4.88 Å². The summed E-state index contributed by atoms with van der Waals surface area (Å²) >= 11 is 6.76. The van der Waals surface area contributed by atoms with Crippen LogP contribution in [0.2, 0.25) is 0 Å². The Balaban J connectivity index is 2.25. The number of hydrogen-bond donors (Lipinski definition) is 1. The van der Waals surface area contributed by atoms with Gasteiger partial charge in [-0.15, -0.1) is 22.7 Å². The van der Waals surface area contributed by atoms with E-state index < -0.39 is 0 Å². The van der Waals surface area contributed by atoms with Crippen LogP contribution in [0.1, 0.15) is 24.3 Å². The van der Waals surface area contributed by atoms with Crippen LogP contribution in [-0.2, 0) is 0 Å². The van der Waals surface area contributed by atoms with Crippen LogP contribution in [0.4, 0.5) is 0 Å². The zero-order valence-electron chi connectivity index (χ0n) is 8.81. The largest absolute Gasteiger partial charge is 0.396 e. The minimum absolute atomic E-state index is 0.178. The van der Waals surface area contributed by atoms with E-state index in [1.807, 2.05) is 6.07 Å². The van der Waals surface area contributed by atoms with Gasteiger partial charge in [0.25, 0.3) is 0 Å². The van der Waals surface area contributed by atoms with E-state index in [-0.39, 0.29) is 12.5 Å². The summed E-state index contributed by atoms with van der Waals surface area (Å²) in [6.45, 7) is 2.25. The molecule has 5 heteroatoms. The second-order valence-corrected chi connectivity index (χ2v) is 6.82. The summed E-state index contributed by atoms with van der Waals surface area (Å²) < 4.78 is 1.12. The molecule has 2 rings (SSSR count). The summed E-state index contributed by atoms with van der Waals surface area (Å²) in [5.74, 6) is 0.183. The van der Waals surface area contributed by atoms with Gasteiger partial charge in [0.05, 0.1) is 26.0 Å². The highest BCUT2D eigenvalue weighted by Crippen LogP contribution is 2.33. The molecule has 2 aromatic heterocycles. The molecule has 0 saturated carbocycles. The topological polar surface area (TPSA) is 33.1 Å². The van der Waals surface area contributed by atoms with Gasteiger partial charge in [0.1, 0.15) is 0 Å². The normalized spacial score (nSPS) is 12.9. The SMILES string of the molecule is CCC(CO)c1nc(-c2ccc(Br)s2)cs1. The van der Waals surface area contributed by atoms with Crippen molar-refractivity contribution in [2.45, 2.75) is 19.3 Å². The van der Waals surface area contributed by atoms with Crippen molar-refractivity contribution in [1.82, 2.24) is 4.98 Å². The zero-order valence-corrected chi connectivity index (χ0v) is 12.0. The van der Waals surface area contributed by atoms with E-state index in [0.717, 1.165) is 20.9 Å². The van der Waals surface area contributed by atoms with Gasteiger partial charge in [-0.05, 0) is 34.5 Å². The average molecular weight is 318 g/mol. The van der Waals surface area contributed by atoms with Crippen LogP contribution >= 0.6 is 38.6 Å². The number of halogens is 1. The van der Waals surface area contributed by atoms with E-state index in [4.69, 9.17) is 0 Å². The van der Waals surface area contributed by atoms with Crippen molar-refractivity contribution in [2.24, 2.45) is 0 Å². The molecule has 86 valence electrons. The fourth-order valence-electron chi connectivity index (χ4n) is 1.42. The molecule has 0 aliphatic rings. The van der Waals surface area contributed by atoms with E-state index in [9.17, 15) is 5.11 Å². The summed E-state index contributed by atoms with van der Waals surface area (Å²) in [4.78, 5) is 5.75. The molecule has 2 aromatic rings. The van der Waals surface area contributed by atoms with Crippen molar-refractivity contribution < 1.29 is 5.11 Å². The number of aliphatic hydroxyl groups is 1. The molecule has 0 aromatic carbocycles. The molecule has 2 heterocycles. The maximum absolute atomic E-state index is 9.23. The third kappa shape index (κ3) is 2.53. The van der Waals surface area contributed by atoms with Gasteiger partial charge < -0.3 is 5.11 Å². The Kier molecular flexibility index (Phi) is 4.13. The average Bonchev–Trinajstić information content (AvgIpc) is 2.89. The smallest absolute Gasteiger partial charge is 0.0986 e. The zero-order chi connectivity index (χ0) is 11.5. The highest BCUT2D eigenvalue weighted by Gasteiger charge is 2.14. The molecule has 0 radical (unpaired) electrons. The lowest BCUT2D eigenvalue weighted by Gasteiger charge is -2.06. The molecule has 0 aliphatic carbocycles. The first-order valence-corrected chi connectivity index (χ1v) is 7.55. The van der Waals surface area contributed by atoms with Crippen molar-refractivity contribution in [2.75, 3.05) is 6.61 Å². The summed E-state index contributed by atoms with van der Waals surface area (Å²) in [5, 5.41) is 12.3. The standard InChI is InChI=1S/C11H12BrNOS2/c1-2-7(5-14)11-13-8(6-15-11)9-3-4-10(12)16-9/h3-4,6-7,14H,2,5H2,1H3. The maximum atomic E-state index is 9.23. The molecule has 2 nitrogen and oxygen atoms in total. The molecule has 0 bridgehead atoms. The molecule has 1 N–H and O–H groups in total. The molecule has 0 amide bonds. The Bertz CT molecular complexity index is 462. The monoisotopic (exact) mass is 317 g/mol. The third-order valence-corrected chi connectivity index (χ3v) is 5.06. The first-order valence-electron chi connectivity index (χ1n) is 5.06. The number of nitrogens with zero attached hydrogens (tertiary/aromatic N) is 1.